The van der Waals surface area contributed by atoms with Gasteiger partial charge in [0, 0.05) is 6.42 Å². The van der Waals surface area contributed by atoms with Gasteiger partial charge in [0.15, 0.2) is 5.78 Å². The number of carbonyl (C=O) groups excluding carboxylic acids is 2. The predicted molar refractivity (Wildman–Crippen MR) is 55.5 cm³/mol. The molecular formula is C11H11F2NO3. The van der Waals surface area contributed by atoms with E-state index in [4.69, 9.17) is 5.73 Å². The first-order valence-corrected chi connectivity index (χ1v) is 4.91. The van der Waals surface area contributed by atoms with Gasteiger partial charge in [-0.25, -0.2) is 13.6 Å². The maximum absolute atomic E-state index is 13.2. The first-order chi connectivity index (χ1) is 8.00. The Morgan fingerprint density at radius 3 is 2.65 bits per heavy atom. The number of Topliss-reactive ketones (excluding diaryl/α,β-unsaturated/α-hetero) is 1. The van der Waals surface area contributed by atoms with Crippen molar-refractivity contribution in [3.8, 4) is 0 Å². The first-order valence-electron chi connectivity index (χ1n) is 4.91. The van der Waals surface area contributed by atoms with E-state index in [-0.39, 0.29) is 25.0 Å². The number of carbonyl (C=O) groups is 2. The van der Waals surface area contributed by atoms with Crippen molar-refractivity contribution in [2.24, 2.45) is 5.73 Å². The molecule has 0 saturated heterocycles. The number of nitrogens with two attached hydrogens (primary N) is 1. The molecular weight excluding hydrogens is 232 g/mol. The highest BCUT2D eigenvalue weighted by Gasteiger charge is 2.12. The van der Waals surface area contributed by atoms with Crippen molar-refractivity contribution in [1.82, 2.24) is 0 Å². The van der Waals surface area contributed by atoms with E-state index in [0.29, 0.717) is 0 Å². The quantitative estimate of drug-likeness (QED) is 0.635. The summed E-state index contributed by atoms with van der Waals surface area (Å²) in [4.78, 5) is 21.7. The largest absolute Gasteiger partial charge is 0.450 e. The first kappa shape index (κ1) is 13.1. The molecule has 1 aromatic carbocycles. The van der Waals surface area contributed by atoms with E-state index in [9.17, 15) is 18.4 Å². The summed E-state index contributed by atoms with van der Waals surface area (Å²) < 4.78 is 30.4. The minimum Gasteiger partial charge on any atom is -0.450 e. The van der Waals surface area contributed by atoms with Crippen molar-refractivity contribution in [2.75, 3.05) is 6.61 Å². The molecule has 0 aliphatic carbocycles. The zero-order chi connectivity index (χ0) is 12.8. The highest BCUT2D eigenvalue weighted by molar-refractivity contribution is 5.96. The molecule has 6 heteroatoms. The van der Waals surface area contributed by atoms with E-state index in [1.54, 1.807) is 0 Å². The molecule has 0 aliphatic heterocycles. The molecule has 0 atom stereocenters. The van der Waals surface area contributed by atoms with Gasteiger partial charge in [-0.05, 0) is 24.6 Å². The SMILES string of the molecule is NC(=O)OCCCC(=O)c1cc(F)ccc1F. The highest BCUT2D eigenvalue weighted by Crippen LogP contribution is 2.12. The van der Waals surface area contributed by atoms with Crippen molar-refractivity contribution >= 4 is 11.9 Å². The van der Waals surface area contributed by atoms with Gasteiger partial charge in [-0.3, -0.25) is 4.79 Å². The maximum Gasteiger partial charge on any atom is 0.404 e. The summed E-state index contributed by atoms with van der Waals surface area (Å²) >= 11 is 0. The average molecular weight is 243 g/mol. The Labute approximate surface area is 96.4 Å². The number of primary amides is 1. The van der Waals surface area contributed by atoms with Gasteiger partial charge >= 0.3 is 6.09 Å². The van der Waals surface area contributed by atoms with Crippen LogP contribution in [-0.2, 0) is 4.74 Å². The predicted octanol–water partition coefficient (Wildman–Crippen LogP) is 2.02. The third-order valence-corrected chi connectivity index (χ3v) is 2.02. The molecule has 2 N–H and O–H groups in total. The van der Waals surface area contributed by atoms with Gasteiger partial charge in [-0.2, -0.15) is 0 Å². The van der Waals surface area contributed by atoms with Crippen LogP contribution in [0.25, 0.3) is 0 Å². The fourth-order valence-electron chi connectivity index (χ4n) is 1.25. The second-order valence-electron chi connectivity index (χ2n) is 3.32. The van der Waals surface area contributed by atoms with E-state index in [2.05, 4.69) is 4.74 Å². The molecule has 0 saturated carbocycles. The van der Waals surface area contributed by atoms with Crippen LogP contribution in [0.15, 0.2) is 18.2 Å². The van der Waals surface area contributed by atoms with Gasteiger partial charge in [0.25, 0.3) is 0 Å². The summed E-state index contributed by atoms with van der Waals surface area (Å²) in [6.07, 6.45) is -0.778. The molecule has 0 fully saturated rings. The Hall–Kier alpha value is -1.98. The van der Waals surface area contributed by atoms with Gasteiger partial charge in [-0.1, -0.05) is 0 Å². The monoisotopic (exact) mass is 243 g/mol. The second-order valence-corrected chi connectivity index (χ2v) is 3.32. The summed E-state index contributed by atoms with van der Waals surface area (Å²) in [6.45, 7) is -0.0298. The minimum absolute atomic E-state index is 0.0298. The number of ether oxygens (including phenoxy) is 1. The van der Waals surface area contributed by atoms with Crippen LogP contribution in [0.1, 0.15) is 23.2 Å². The summed E-state index contributed by atoms with van der Waals surface area (Å²) in [6, 6.07) is 2.66. The van der Waals surface area contributed by atoms with E-state index in [1.165, 1.54) is 0 Å². The van der Waals surface area contributed by atoms with Crippen LogP contribution in [0.2, 0.25) is 0 Å². The Bertz CT molecular complexity index is 435. The molecule has 1 rings (SSSR count). The van der Waals surface area contributed by atoms with Crippen molar-refractivity contribution in [1.29, 1.82) is 0 Å². The lowest BCUT2D eigenvalue weighted by Crippen LogP contribution is -2.14. The summed E-state index contributed by atoms with van der Waals surface area (Å²) in [5.74, 6) is -1.99. The molecule has 17 heavy (non-hydrogen) atoms. The molecule has 0 spiro atoms. The number of ketones is 1. The van der Waals surface area contributed by atoms with Crippen LogP contribution in [0.3, 0.4) is 0 Å². The summed E-state index contributed by atoms with van der Waals surface area (Å²) in [5.41, 5.74) is 4.41. The summed E-state index contributed by atoms with van der Waals surface area (Å²) in [5, 5.41) is 0. The zero-order valence-corrected chi connectivity index (χ0v) is 8.91. The lowest BCUT2D eigenvalue weighted by atomic mass is 10.1. The van der Waals surface area contributed by atoms with Crippen molar-refractivity contribution < 1.29 is 23.1 Å². The van der Waals surface area contributed by atoms with Crippen molar-refractivity contribution in [3.63, 3.8) is 0 Å². The topological polar surface area (TPSA) is 69.4 Å². The average Bonchev–Trinajstić information content (AvgIpc) is 2.27. The lowest BCUT2D eigenvalue weighted by Gasteiger charge is -2.03. The smallest absolute Gasteiger partial charge is 0.404 e. The fraction of sp³-hybridized carbons (Fsp3) is 0.273. The van der Waals surface area contributed by atoms with E-state index < -0.39 is 23.5 Å². The number of halogens is 2. The molecule has 0 aliphatic rings. The molecule has 0 bridgehead atoms. The van der Waals surface area contributed by atoms with Crippen molar-refractivity contribution in [2.45, 2.75) is 12.8 Å². The standard InChI is InChI=1S/C11H11F2NO3/c12-7-3-4-9(13)8(6-7)10(15)2-1-5-17-11(14)16/h3-4,6H,1-2,5H2,(H2,14,16). The molecule has 92 valence electrons. The third kappa shape index (κ3) is 4.18. The Balaban J connectivity index is 2.52. The molecule has 4 nitrogen and oxygen atoms in total. The molecule has 0 heterocycles. The van der Waals surface area contributed by atoms with Gasteiger partial charge in [0.2, 0.25) is 0 Å². The van der Waals surface area contributed by atoms with Gasteiger partial charge in [0.1, 0.15) is 11.6 Å². The normalized spacial score (nSPS) is 10.0. The van der Waals surface area contributed by atoms with Crippen LogP contribution in [0.4, 0.5) is 13.6 Å². The zero-order valence-electron chi connectivity index (χ0n) is 8.91. The Kier molecular flexibility index (Phi) is 4.56. The number of rotatable bonds is 5. The van der Waals surface area contributed by atoms with Crippen LogP contribution in [0.5, 0.6) is 0 Å². The third-order valence-electron chi connectivity index (χ3n) is 2.02. The number of hydrogen-bond donors (Lipinski definition) is 1. The van der Waals surface area contributed by atoms with E-state index in [1.807, 2.05) is 0 Å². The van der Waals surface area contributed by atoms with Crippen LogP contribution in [0, 0.1) is 11.6 Å². The lowest BCUT2D eigenvalue weighted by molar-refractivity contribution is 0.0958. The fourth-order valence-corrected chi connectivity index (χ4v) is 1.25. The minimum atomic E-state index is -0.936. The van der Waals surface area contributed by atoms with Gasteiger partial charge < -0.3 is 10.5 Å². The number of hydrogen-bond acceptors (Lipinski definition) is 3. The summed E-state index contributed by atoms with van der Waals surface area (Å²) in [7, 11) is 0. The molecule has 0 radical (unpaired) electrons. The number of benzene rings is 1. The Morgan fingerprint density at radius 2 is 2.00 bits per heavy atom. The maximum atomic E-state index is 13.2. The van der Waals surface area contributed by atoms with Crippen LogP contribution < -0.4 is 5.73 Å². The van der Waals surface area contributed by atoms with Crippen molar-refractivity contribution in [3.05, 3.63) is 35.4 Å². The van der Waals surface area contributed by atoms with E-state index >= 15 is 0 Å². The van der Waals surface area contributed by atoms with Crippen LogP contribution in [-0.4, -0.2) is 18.5 Å². The molecule has 0 aromatic heterocycles. The van der Waals surface area contributed by atoms with Crippen LogP contribution >= 0.6 is 0 Å². The molecule has 1 aromatic rings. The van der Waals surface area contributed by atoms with Gasteiger partial charge in [0.05, 0.1) is 12.2 Å². The van der Waals surface area contributed by atoms with E-state index in [0.717, 1.165) is 18.2 Å². The molecule has 0 unspecified atom stereocenters. The second kappa shape index (κ2) is 5.93. The van der Waals surface area contributed by atoms with Gasteiger partial charge in [-0.15, -0.1) is 0 Å². The highest BCUT2D eigenvalue weighted by atomic mass is 19.1. The molecule has 1 amide bonds. The Morgan fingerprint density at radius 1 is 1.29 bits per heavy atom. The number of amides is 1.